The zero-order valence-electron chi connectivity index (χ0n) is 9.80. The fraction of sp³-hybridized carbons (Fsp3) is 0.333. The molecule has 1 atom stereocenters. The molecule has 0 saturated heterocycles. The van der Waals surface area contributed by atoms with E-state index in [0.717, 1.165) is 6.07 Å². The lowest BCUT2D eigenvalue weighted by Crippen LogP contribution is -2.26. The molecule has 0 fully saturated rings. The maximum atomic E-state index is 13.0. The standard InChI is InChI=1S/C12H11BrClFN2O/c1-6(2)8(5-16)12(18)17-11-9(13)3-7(15)4-10(11)14/h3-4,6,8H,1-2H3,(H,17,18). The van der Waals surface area contributed by atoms with Crippen molar-refractivity contribution in [3.63, 3.8) is 0 Å². The zero-order valence-corrected chi connectivity index (χ0v) is 12.1. The van der Waals surface area contributed by atoms with Gasteiger partial charge in [0.25, 0.3) is 0 Å². The quantitative estimate of drug-likeness (QED) is 0.909. The molecule has 1 amide bonds. The van der Waals surface area contributed by atoms with Crippen molar-refractivity contribution in [2.45, 2.75) is 13.8 Å². The molecule has 0 saturated carbocycles. The molecule has 0 bridgehead atoms. The van der Waals surface area contributed by atoms with E-state index in [-0.39, 0.29) is 16.6 Å². The van der Waals surface area contributed by atoms with E-state index < -0.39 is 17.6 Å². The number of halogens is 3. The summed E-state index contributed by atoms with van der Waals surface area (Å²) in [6, 6.07) is 4.22. The Morgan fingerprint density at radius 1 is 1.56 bits per heavy atom. The average molecular weight is 334 g/mol. The van der Waals surface area contributed by atoms with Crippen molar-refractivity contribution >= 4 is 39.1 Å². The van der Waals surface area contributed by atoms with Gasteiger partial charge < -0.3 is 5.32 Å². The number of nitriles is 1. The summed E-state index contributed by atoms with van der Waals surface area (Å²) in [5, 5.41) is 11.5. The van der Waals surface area contributed by atoms with Gasteiger partial charge in [0.15, 0.2) is 0 Å². The van der Waals surface area contributed by atoms with E-state index in [4.69, 9.17) is 16.9 Å². The van der Waals surface area contributed by atoms with Crippen molar-refractivity contribution in [2.75, 3.05) is 5.32 Å². The van der Waals surface area contributed by atoms with Gasteiger partial charge in [0.2, 0.25) is 5.91 Å². The monoisotopic (exact) mass is 332 g/mol. The summed E-state index contributed by atoms with van der Waals surface area (Å²) in [7, 11) is 0. The fourth-order valence-corrected chi connectivity index (χ4v) is 2.27. The number of carbonyl (C=O) groups is 1. The number of benzene rings is 1. The van der Waals surface area contributed by atoms with Crippen LogP contribution in [0.3, 0.4) is 0 Å². The Bertz CT molecular complexity index is 490. The normalized spacial score (nSPS) is 12.1. The van der Waals surface area contributed by atoms with Gasteiger partial charge in [-0.2, -0.15) is 5.26 Å². The molecule has 3 nitrogen and oxygen atoms in total. The third-order valence-electron chi connectivity index (χ3n) is 2.34. The molecule has 1 N–H and O–H groups in total. The summed E-state index contributed by atoms with van der Waals surface area (Å²) >= 11 is 8.95. The minimum Gasteiger partial charge on any atom is -0.323 e. The lowest BCUT2D eigenvalue weighted by molar-refractivity contribution is -0.119. The van der Waals surface area contributed by atoms with Crippen LogP contribution in [0.25, 0.3) is 0 Å². The molecule has 0 radical (unpaired) electrons. The van der Waals surface area contributed by atoms with Crippen LogP contribution in [0, 0.1) is 29.0 Å². The first-order valence-corrected chi connectivity index (χ1v) is 6.39. The van der Waals surface area contributed by atoms with Gasteiger partial charge in [0.05, 0.1) is 16.8 Å². The highest BCUT2D eigenvalue weighted by Gasteiger charge is 2.23. The number of nitrogens with zero attached hydrogens (tertiary/aromatic N) is 1. The van der Waals surface area contributed by atoms with E-state index in [1.165, 1.54) is 6.07 Å². The molecular formula is C12H11BrClFN2O. The third kappa shape index (κ3) is 3.44. The molecule has 0 heterocycles. The third-order valence-corrected chi connectivity index (χ3v) is 3.27. The van der Waals surface area contributed by atoms with Gasteiger partial charge in [0, 0.05) is 4.47 Å². The summed E-state index contributed by atoms with van der Waals surface area (Å²) in [5.74, 6) is -1.86. The van der Waals surface area contributed by atoms with Gasteiger partial charge in [-0.3, -0.25) is 4.79 Å². The van der Waals surface area contributed by atoms with E-state index in [1.807, 2.05) is 6.07 Å². The molecule has 1 unspecified atom stereocenters. The van der Waals surface area contributed by atoms with E-state index in [9.17, 15) is 9.18 Å². The highest BCUT2D eigenvalue weighted by atomic mass is 79.9. The number of hydrogen-bond donors (Lipinski definition) is 1. The first-order chi connectivity index (χ1) is 8.36. The predicted octanol–water partition coefficient (Wildman–Crippen LogP) is 3.98. The second-order valence-electron chi connectivity index (χ2n) is 4.08. The number of nitrogens with one attached hydrogen (secondary N) is 1. The summed E-state index contributed by atoms with van der Waals surface area (Å²) in [6.45, 7) is 3.55. The van der Waals surface area contributed by atoms with Crippen molar-refractivity contribution in [1.29, 1.82) is 5.26 Å². The number of carbonyl (C=O) groups excluding carboxylic acids is 1. The highest BCUT2D eigenvalue weighted by molar-refractivity contribution is 9.10. The van der Waals surface area contributed by atoms with E-state index >= 15 is 0 Å². The molecule has 1 aromatic rings. The minimum atomic E-state index is -0.780. The molecule has 0 aliphatic heterocycles. The van der Waals surface area contributed by atoms with Crippen LogP contribution in [0.2, 0.25) is 5.02 Å². The van der Waals surface area contributed by atoms with Crippen LogP contribution in [0.15, 0.2) is 16.6 Å². The van der Waals surface area contributed by atoms with E-state index in [0.29, 0.717) is 4.47 Å². The second kappa shape index (κ2) is 6.17. The Kier molecular flexibility index (Phi) is 5.12. The largest absolute Gasteiger partial charge is 0.323 e. The first kappa shape index (κ1) is 14.9. The van der Waals surface area contributed by atoms with Gasteiger partial charge in [-0.1, -0.05) is 25.4 Å². The number of rotatable bonds is 3. The molecule has 18 heavy (non-hydrogen) atoms. The molecule has 1 rings (SSSR count). The topological polar surface area (TPSA) is 52.9 Å². The van der Waals surface area contributed by atoms with Crippen molar-refractivity contribution in [3.05, 3.63) is 27.4 Å². The number of hydrogen-bond acceptors (Lipinski definition) is 2. The van der Waals surface area contributed by atoms with Crippen molar-refractivity contribution in [3.8, 4) is 6.07 Å². The molecule has 1 aromatic carbocycles. The van der Waals surface area contributed by atoms with Crippen LogP contribution in [-0.2, 0) is 4.79 Å². The lowest BCUT2D eigenvalue weighted by Gasteiger charge is -2.15. The molecule has 0 aliphatic rings. The molecule has 0 aliphatic carbocycles. The van der Waals surface area contributed by atoms with Crippen molar-refractivity contribution in [2.24, 2.45) is 11.8 Å². The molecule has 6 heteroatoms. The lowest BCUT2D eigenvalue weighted by atomic mass is 9.96. The molecule has 0 aromatic heterocycles. The van der Waals surface area contributed by atoms with Crippen LogP contribution in [0.1, 0.15) is 13.8 Å². The molecular weight excluding hydrogens is 322 g/mol. The van der Waals surface area contributed by atoms with E-state index in [1.54, 1.807) is 13.8 Å². The summed E-state index contributed by atoms with van der Waals surface area (Å²) in [5.41, 5.74) is 0.268. The number of amides is 1. The van der Waals surface area contributed by atoms with Gasteiger partial charge in [-0.15, -0.1) is 0 Å². The van der Waals surface area contributed by atoms with Crippen LogP contribution < -0.4 is 5.32 Å². The summed E-state index contributed by atoms with van der Waals surface area (Å²) in [6.07, 6.45) is 0. The predicted molar refractivity (Wildman–Crippen MR) is 71.7 cm³/mol. The summed E-state index contributed by atoms with van der Waals surface area (Å²) in [4.78, 5) is 11.9. The Hall–Kier alpha value is -1.12. The highest BCUT2D eigenvalue weighted by Crippen LogP contribution is 2.32. The zero-order chi connectivity index (χ0) is 13.9. The SMILES string of the molecule is CC(C)C(C#N)C(=O)Nc1c(Cl)cc(F)cc1Br. The van der Waals surface area contributed by atoms with Gasteiger partial charge in [-0.05, 0) is 34.0 Å². The van der Waals surface area contributed by atoms with Crippen molar-refractivity contribution in [1.82, 2.24) is 0 Å². The Labute approximate surface area is 118 Å². The van der Waals surface area contributed by atoms with Gasteiger partial charge in [0.1, 0.15) is 11.7 Å². The van der Waals surface area contributed by atoms with Crippen LogP contribution in [0.5, 0.6) is 0 Å². The minimum absolute atomic E-state index is 0.0793. The Morgan fingerprint density at radius 3 is 2.61 bits per heavy atom. The van der Waals surface area contributed by atoms with Crippen LogP contribution >= 0.6 is 27.5 Å². The van der Waals surface area contributed by atoms with E-state index in [2.05, 4.69) is 21.2 Å². The smallest absolute Gasteiger partial charge is 0.242 e. The molecule has 96 valence electrons. The first-order valence-electron chi connectivity index (χ1n) is 5.21. The second-order valence-corrected chi connectivity index (χ2v) is 5.35. The maximum Gasteiger partial charge on any atom is 0.242 e. The number of anilines is 1. The maximum absolute atomic E-state index is 13.0. The fourth-order valence-electron chi connectivity index (χ4n) is 1.37. The summed E-state index contributed by atoms with van der Waals surface area (Å²) < 4.78 is 13.4. The Balaban J connectivity index is 2.99. The average Bonchev–Trinajstić information content (AvgIpc) is 2.23. The molecule has 0 spiro atoms. The van der Waals surface area contributed by atoms with Crippen LogP contribution in [-0.4, -0.2) is 5.91 Å². The van der Waals surface area contributed by atoms with Crippen LogP contribution in [0.4, 0.5) is 10.1 Å². The van der Waals surface area contributed by atoms with Crippen molar-refractivity contribution < 1.29 is 9.18 Å². The van der Waals surface area contributed by atoms with Gasteiger partial charge >= 0.3 is 0 Å². The Morgan fingerprint density at radius 2 is 2.17 bits per heavy atom. The van der Waals surface area contributed by atoms with Gasteiger partial charge in [-0.25, -0.2) is 4.39 Å².